The minimum atomic E-state index is -3.35. The zero-order valence-corrected chi connectivity index (χ0v) is 11.5. The summed E-state index contributed by atoms with van der Waals surface area (Å²) in [7, 11) is 0.427. The highest BCUT2D eigenvalue weighted by Gasteiger charge is 2.25. The van der Waals surface area contributed by atoms with Crippen molar-refractivity contribution in [2.45, 2.75) is 18.9 Å². The van der Waals surface area contributed by atoms with E-state index in [1.54, 1.807) is 12.3 Å². The summed E-state index contributed by atoms with van der Waals surface area (Å²) >= 11 is 0. The summed E-state index contributed by atoms with van der Waals surface area (Å²) in [6, 6.07) is 1.79. The zero-order valence-electron chi connectivity index (χ0n) is 10.7. The van der Waals surface area contributed by atoms with E-state index in [1.165, 1.54) is 0 Å². The minimum Gasteiger partial charge on any atom is -0.486 e. The van der Waals surface area contributed by atoms with Gasteiger partial charge in [-0.25, -0.2) is 13.4 Å². The van der Waals surface area contributed by atoms with Gasteiger partial charge in [0.25, 0.3) is 0 Å². The maximum absolute atomic E-state index is 11.3. The Labute approximate surface area is 107 Å². The van der Waals surface area contributed by atoms with Gasteiger partial charge in [0.15, 0.2) is 11.6 Å². The molecule has 1 heterocycles. The summed E-state index contributed by atoms with van der Waals surface area (Å²) in [5.41, 5.74) is 0.865. The van der Waals surface area contributed by atoms with Gasteiger partial charge in [0, 0.05) is 20.2 Å². The third kappa shape index (κ3) is 3.49. The Morgan fingerprint density at radius 3 is 2.61 bits per heavy atom. The molecule has 0 atom stereocenters. The second kappa shape index (κ2) is 4.64. The van der Waals surface area contributed by atoms with Crippen LogP contribution >= 0.6 is 0 Å². The molecule has 100 valence electrons. The van der Waals surface area contributed by atoms with Gasteiger partial charge >= 0.3 is 0 Å². The molecular weight excluding hydrogens is 254 g/mol. The minimum absolute atomic E-state index is 0.185. The van der Waals surface area contributed by atoms with E-state index in [1.807, 2.05) is 19.0 Å². The second-order valence-corrected chi connectivity index (χ2v) is 6.37. The quantitative estimate of drug-likeness (QED) is 0.867. The molecule has 18 heavy (non-hydrogen) atoms. The van der Waals surface area contributed by atoms with Gasteiger partial charge in [-0.1, -0.05) is 0 Å². The zero-order chi connectivity index (χ0) is 13.3. The Kier molecular flexibility index (Phi) is 3.34. The molecule has 0 spiro atoms. The van der Waals surface area contributed by atoms with Crippen molar-refractivity contribution in [1.29, 1.82) is 0 Å². The van der Waals surface area contributed by atoms with Crippen LogP contribution in [0.2, 0.25) is 0 Å². The lowest BCUT2D eigenvalue weighted by molar-refractivity contribution is 0.304. The van der Waals surface area contributed by atoms with Gasteiger partial charge in [-0.15, -0.1) is 0 Å². The third-order valence-corrected chi connectivity index (χ3v) is 3.02. The molecule has 1 aromatic rings. The van der Waals surface area contributed by atoms with Crippen LogP contribution in [0.25, 0.3) is 0 Å². The van der Waals surface area contributed by atoms with E-state index in [4.69, 9.17) is 4.74 Å². The van der Waals surface area contributed by atoms with Crippen LogP contribution in [-0.2, 0) is 10.0 Å². The van der Waals surface area contributed by atoms with Crippen molar-refractivity contribution in [2.24, 2.45) is 0 Å². The number of hydrogen-bond donors (Lipinski definition) is 1. The normalized spacial score (nSPS) is 15.3. The molecule has 2 rings (SSSR count). The highest BCUT2D eigenvalue weighted by Crippen LogP contribution is 2.33. The van der Waals surface area contributed by atoms with E-state index in [0.29, 0.717) is 5.75 Å². The molecule has 0 saturated heterocycles. The first-order chi connectivity index (χ1) is 8.35. The van der Waals surface area contributed by atoms with Crippen molar-refractivity contribution < 1.29 is 13.2 Å². The van der Waals surface area contributed by atoms with Crippen LogP contribution in [0.3, 0.4) is 0 Å². The van der Waals surface area contributed by atoms with Gasteiger partial charge in [-0.2, -0.15) is 0 Å². The van der Waals surface area contributed by atoms with Crippen LogP contribution in [0.15, 0.2) is 12.3 Å². The summed E-state index contributed by atoms with van der Waals surface area (Å²) in [4.78, 5) is 6.00. The maximum Gasteiger partial charge on any atom is 0.231 e. The van der Waals surface area contributed by atoms with Gasteiger partial charge in [0.05, 0.1) is 24.2 Å². The number of sulfonamides is 1. The van der Waals surface area contributed by atoms with Crippen molar-refractivity contribution in [2.75, 3.05) is 30.0 Å². The number of nitrogens with one attached hydrogen (secondary N) is 1. The fraction of sp³-hybridized carbons (Fsp3) is 0.545. The number of hydrogen-bond acceptors (Lipinski definition) is 5. The molecule has 1 aromatic heterocycles. The molecule has 1 aliphatic rings. The molecular formula is C11H17N3O3S. The largest absolute Gasteiger partial charge is 0.486 e. The molecule has 0 aliphatic heterocycles. The topological polar surface area (TPSA) is 71.5 Å². The number of anilines is 2. The van der Waals surface area contributed by atoms with Gasteiger partial charge in [-0.05, 0) is 12.8 Å². The van der Waals surface area contributed by atoms with Crippen molar-refractivity contribution in [3.63, 3.8) is 0 Å². The van der Waals surface area contributed by atoms with Crippen LogP contribution in [0.1, 0.15) is 12.8 Å². The summed E-state index contributed by atoms with van der Waals surface area (Å²) in [5.74, 6) is 0.726. The van der Waals surface area contributed by atoms with Crippen molar-refractivity contribution in [1.82, 2.24) is 4.98 Å². The molecule has 7 heteroatoms. The van der Waals surface area contributed by atoms with Gasteiger partial charge in [0.2, 0.25) is 10.0 Å². The van der Waals surface area contributed by atoms with Gasteiger partial charge in [-0.3, -0.25) is 4.72 Å². The van der Waals surface area contributed by atoms with Crippen molar-refractivity contribution in [3.05, 3.63) is 12.3 Å². The van der Waals surface area contributed by atoms with Gasteiger partial charge in [0.1, 0.15) is 0 Å². The molecule has 0 aromatic carbocycles. The molecule has 1 saturated carbocycles. The van der Waals surface area contributed by atoms with Crippen molar-refractivity contribution in [3.8, 4) is 5.75 Å². The Bertz CT molecular complexity index is 538. The summed E-state index contributed by atoms with van der Waals surface area (Å²) < 4.78 is 30.6. The average Bonchev–Trinajstić information content (AvgIpc) is 3.02. The summed E-state index contributed by atoms with van der Waals surface area (Å²) in [6.07, 6.45) is 4.89. The fourth-order valence-corrected chi connectivity index (χ4v) is 1.89. The highest BCUT2D eigenvalue weighted by atomic mass is 32.2. The Hall–Kier alpha value is -1.50. The third-order valence-electron chi connectivity index (χ3n) is 2.45. The van der Waals surface area contributed by atoms with Crippen LogP contribution in [0.5, 0.6) is 5.75 Å². The van der Waals surface area contributed by atoms with Crippen LogP contribution in [0, 0.1) is 0 Å². The van der Waals surface area contributed by atoms with E-state index in [0.717, 1.165) is 24.8 Å². The molecule has 0 bridgehead atoms. The molecule has 1 fully saturated rings. The predicted molar refractivity (Wildman–Crippen MR) is 70.7 cm³/mol. The van der Waals surface area contributed by atoms with E-state index >= 15 is 0 Å². The Morgan fingerprint density at radius 1 is 1.44 bits per heavy atom. The van der Waals surface area contributed by atoms with Gasteiger partial charge < -0.3 is 9.64 Å². The van der Waals surface area contributed by atoms with Crippen LogP contribution < -0.4 is 14.4 Å². The monoisotopic (exact) mass is 271 g/mol. The first-order valence-corrected chi connectivity index (χ1v) is 7.56. The standard InChI is InChI=1S/C11H17N3O3S/c1-14(2)8-6-10(17-9-4-5-9)11(12-7-8)13-18(3,15)16/h6-7,9H,4-5H2,1-3H3,(H,12,13). The number of ether oxygens (including phenoxy) is 1. The molecule has 1 N–H and O–H groups in total. The number of aromatic nitrogens is 1. The van der Waals surface area contributed by atoms with E-state index in [-0.39, 0.29) is 11.9 Å². The van der Waals surface area contributed by atoms with E-state index < -0.39 is 10.0 Å². The van der Waals surface area contributed by atoms with Crippen LogP contribution in [0.4, 0.5) is 11.5 Å². The predicted octanol–water partition coefficient (Wildman–Crippen LogP) is 1.06. The highest BCUT2D eigenvalue weighted by molar-refractivity contribution is 7.92. The second-order valence-electron chi connectivity index (χ2n) is 4.63. The first kappa shape index (κ1) is 12.9. The SMILES string of the molecule is CN(C)c1cnc(NS(C)(=O)=O)c(OC2CC2)c1. The van der Waals surface area contributed by atoms with Crippen LogP contribution in [-0.4, -0.2) is 39.9 Å². The average molecular weight is 271 g/mol. The number of pyridine rings is 1. The number of rotatable bonds is 5. The smallest absolute Gasteiger partial charge is 0.231 e. The molecule has 6 nitrogen and oxygen atoms in total. The molecule has 0 radical (unpaired) electrons. The Balaban J connectivity index is 2.31. The summed E-state index contributed by atoms with van der Waals surface area (Å²) in [6.45, 7) is 0. The summed E-state index contributed by atoms with van der Waals surface area (Å²) in [5, 5.41) is 0. The fourth-order valence-electron chi connectivity index (χ4n) is 1.39. The first-order valence-electron chi connectivity index (χ1n) is 5.67. The van der Waals surface area contributed by atoms with E-state index in [9.17, 15) is 8.42 Å². The number of nitrogens with zero attached hydrogens (tertiary/aromatic N) is 2. The molecule has 1 aliphatic carbocycles. The molecule has 0 unspecified atom stereocenters. The molecule has 0 amide bonds. The maximum atomic E-state index is 11.3. The lowest BCUT2D eigenvalue weighted by Crippen LogP contribution is -2.14. The van der Waals surface area contributed by atoms with Crippen molar-refractivity contribution >= 4 is 21.5 Å². The Morgan fingerprint density at radius 2 is 2.11 bits per heavy atom. The lowest BCUT2D eigenvalue weighted by Gasteiger charge is -2.16. The lowest BCUT2D eigenvalue weighted by atomic mass is 10.3. The van der Waals surface area contributed by atoms with E-state index in [2.05, 4.69) is 9.71 Å².